The Morgan fingerprint density at radius 1 is 1.45 bits per heavy atom. The maximum atomic E-state index is 10.7. The Labute approximate surface area is 65.7 Å². The van der Waals surface area contributed by atoms with E-state index in [4.69, 9.17) is 0 Å². The molecule has 0 aliphatic rings. The molecule has 0 aliphatic carbocycles. The number of carbonyl (C=O) groups excluding carboxylic acids is 2. The molecule has 0 saturated heterocycles. The SMILES string of the molecule is C/C=C/C(=O)NCC(=O)NC. The fraction of sp³-hybridized carbons (Fsp3) is 0.429. The van der Waals surface area contributed by atoms with Gasteiger partial charge in [-0.15, -0.1) is 0 Å². The quantitative estimate of drug-likeness (QED) is 0.537. The number of likely N-dealkylation sites (N-methyl/N-ethyl adjacent to an activating group) is 1. The van der Waals surface area contributed by atoms with E-state index >= 15 is 0 Å². The fourth-order valence-electron chi connectivity index (χ4n) is 0.466. The van der Waals surface area contributed by atoms with Gasteiger partial charge in [-0.2, -0.15) is 0 Å². The molecule has 0 aromatic carbocycles. The van der Waals surface area contributed by atoms with E-state index in [0.29, 0.717) is 0 Å². The van der Waals surface area contributed by atoms with Gasteiger partial charge in [-0.1, -0.05) is 6.08 Å². The van der Waals surface area contributed by atoms with Crippen molar-refractivity contribution < 1.29 is 9.59 Å². The van der Waals surface area contributed by atoms with Crippen LogP contribution in [-0.4, -0.2) is 25.4 Å². The number of rotatable bonds is 3. The number of hydrogen-bond donors (Lipinski definition) is 2. The van der Waals surface area contributed by atoms with Crippen LogP contribution in [0.2, 0.25) is 0 Å². The maximum Gasteiger partial charge on any atom is 0.244 e. The average Bonchev–Trinajstić information content (AvgIpc) is 2.01. The third kappa shape index (κ3) is 5.14. The summed E-state index contributed by atoms with van der Waals surface area (Å²) in [6, 6.07) is 0. The normalized spacial score (nSPS) is 9.64. The van der Waals surface area contributed by atoms with Crippen LogP contribution in [0.25, 0.3) is 0 Å². The van der Waals surface area contributed by atoms with E-state index in [1.54, 1.807) is 13.0 Å². The van der Waals surface area contributed by atoms with Gasteiger partial charge in [-0.3, -0.25) is 9.59 Å². The predicted molar refractivity (Wildman–Crippen MR) is 41.9 cm³/mol. The molecule has 0 atom stereocenters. The van der Waals surface area contributed by atoms with Crippen molar-refractivity contribution in [3.63, 3.8) is 0 Å². The number of allylic oxidation sites excluding steroid dienone is 1. The number of nitrogens with one attached hydrogen (secondary N) is 2. The molecule has 0 aromatic rings. The molecule has 0 aliphatic heterocycles. The predicted octanol–water partition coefficient (Wildman–Crippen LogP) is -0.575. The minimum Gasteiger partial charge on any atom is -0.358 e. The molecule has 0 heterocycles. The summed E-state index contributed by atoms with van der Waals surface area (Å²) in [7, 11) is 1.52. The summed E-state index contributed by atoms with van der Waals surface area (Å²) in [6.45, 7) is 1.76. The molecule has 4 heteroatoms. The number of hydrogen-bond acceptors (Lipinski definition) is 2. The van der Waals surface area contributed by atoms with Gasteiger partial charge in [0.05, 0.1) is 6.54 Å². The van der Waals surface area contributed by atoms with Gasteiger partial charge in [0.15, 0.2) is 0 Å². The lowest BCUT2D eigenvalue weighted by Gasteiger charge is -1.99. The molecule has 11 heavy (non-hydrogen) atoms. The number of amides is 2. The zero-order chi connectivity index (χ0) is 8.69. The summed E-state index contributed by atoms with van der Waals surface area (Å²) in [5.41, 5.74) is 0. The Morgan fingerprint density at radius 2 is 2.09 bits per heavy atom. The maximum absolute atomic E-state index is 10.7. The van der Waals surface area contributed by atoms with Crippen LogP contribution in [0.1, 0.15) is 6.92 Å². The van der Waals surface area contributed by atoms with Gasteiger partial charge in [-0.25, -0.2) is 0 Å². The highest BCUT2D eigenvalue weighted by Crippen LogP contribution is 1.70. The standard InChI is InChI=1S/C7H12N2O2/c1-3-4-6(10)9-5-7(11)8-2/h3-4H,5H2,1-2H3,(H,8,11)(H,9,10)/b4-3+. The second-order valence-electron chi connectivity index (χ2n) is 1.89. The highest BCUT2D eigenvalue weighted by molar-refractivity contribution is 5.90. The zero-order valence-corrected chi connectivity index (χ0v) is 6.68. The molecule has 2 N–H and O–H groups in total. The third-order valence-corrected chi connectivity index (χ3v) is 1.02. The second-order valence-corrected chi connectivity index (χ2v) is 1.89. The van der Waals surface area contributed by atoms with Crippen molar-refractivity contribution in [1.82, 2.24) is 10.6 Å². The van der Waals surface area contributed by atoms with E-state index in [1.165, 1.54) is 13.1 Å². The van der Waals surface area contributed by atoms with Crippen LogP contribution in [0, 0.1) is 0 Å². The van der Waals surface area contributed by atoms with Crippen LogP contribution < -0.4 is 10.6 Å². The summed E-state index contributed by atoms with van der Waals surface area (Å²) in [5.74, 6) is -0.459. The minimum absolute atomic E-state index is 0.0275. The first-order chi connectivity index (χ1) is 5.20. The van der Waals surface area contributed by atoms with Gasteiger partial charge in [0, 0.05) is 7.05 Å². The molecule has 0 spiro atoms. The molecular formula is C7H12N2O2. The molecule has 0 rings (SSSR count). The first kappa shape index (κ1) is 9.68. The van der Waals surface area contributed by atoms with Gasteiger partial charge in [0.2, 0.25) is 11.8 Å². The molecule has 62 valence electrons. The van der Waals surface area contributed by atoms with Gasteiger partial charge in [-0.05, 0) is 13.0 Å². The van der Waals surface area contributed by atoms with Gasteiger partial charge in [0.25, 0.3) is 0 Å². The number of carbonyl (C=O) groups is 2. The van der Waals surface area contributed by atoms with Crippen LogP contribution >= 0.6 is 0 Å². The molecule has 0 fully saturated rings. The Bertz CT molecular complexity index is 175. The van der Waals surface area contributed by atoms with Crippen molar-refractivity contribution in [2.75, 3.05) is 13.6 Å². The van der Waals surface area contributed by atoms with E-state index in [0.717, 1.165) is 0 Å². The van der Waals surface area contributed by atoms with Crippen LogP contribution in [0.5, 0.6) is 0 Å². The van der Waals surface area contributed by atoms with Crippen LogP contribution in [0.15, 0.2) is 12.2 Å². The lowest BCUT2D eigenvalue weighted by Crippen LogP contribution is -2.34. The first-order valence-electron chi connectivity index (χ1n) is 3.31. The lowest BCUT2D eigenvalue weighted by molar-refractivity contribution is -0.123. The van der Waals surface area contributed by atoms with E-state index in [2.05, 4.69) is 10.6 Å². The largest absolute Gasteiger partial charge is 0.358 e. The lowest BCUT2D eigenvalue weighted by atomic mass is 10.5. The second kappa shape index (κ2) is 5.46. The zero-order valence-electron chi connectivity index (χ0n) is 6.68. The van der Waals surface area contributed by atoms with E-state index in [9.17, 15) is 9.59 Å². The molecular weight excluding hydrogens is 144 g/mol. The van der Waals surface area contributed by atoms with E-state index in [1.807, 2.05) is 0 Å². The Balaban J connectivity index is 3.54. The summed E-state index contributed by atoms with van der Waals surface area (Å²) in [6.07, 6.45) is 2.97. The van der Waals surface area contributed by atoms with Crippen molar-refractivity contribution in [3.8, 4) is 0 Å². The molecule has 0 aromatic heterocycles. The minimum atomic E-state index is -0.254. The van der Waals surface area contributed by atoms with Crippen molar-refractivity contribution in [2.24, 2.45) is 0 Å². The third-order valence-electron chi connectivity index (χ3n) is 1.02. The van der Waals surface area contributed by atoms with Gasteiger partial charge in [0.1, 0.15) is 0 Å². The average molecular weight is 156 g/mol. The topological polar surface area (TPSA) is 58.2 Å². The molecule has 0 radical (unpaired) electrons. The highest BCUT2D eigenvalue weighted by Gasteiger charge is 1.98. The Morgan fingerprint density at radius 3 is 2.55 bits per heavy atom. The summed E-state index contributed by atoms with van der Waals surface area (Å²) in [4.78, 5) is 21.3. The summed E-state index contributed by atoms with van der Waals surface area (Å²) < 4.78 is 0. The van der Waals surface area contributed by atoms with E-state index in [-0.39, 0.29) is 18.4 Å². The van der Waals surface area contributed by atoms with Crippen molar-refractivity contribution in [1.29, 1.82) is 0 Å². The van der Waals surface area contributed by atoms with Crippen LogP contribution in [0.4, 0.5) is 0 Å². The van der Waals surface area contributed by atoms with Crippen LogP contribution in [0.3, 0.4) is 0 Å². The van der Waals surface area contributed by atoms with Crippen molar-refractivity contribution in [3.05, 3.63) is 12.2 Å². The van der Waals surface area contributed by atoms with Crippen molar-refractivity contribution in [2.45, 2.75) is 6.92 Å². The molecule has 4 nitrogen and oxygen atoms in total. The molecule has 0 bridgehead atoms. The molecule has 0 unspecified atom stereocenters. The van der Waals surface area contributed by atoms with Crippen molar-refractivity contribution >= 4 is 11.8 Å². The molecule has 2 amide bonds. The summed E-state index contributed by atoms with van der Waals surface area (Å²) >= 11 is 0. The highest BCUT2D eigenvalue weighted by atomic mass is 16.2. The smallest absolute Gasteiger partial charge is 0.244 e. The monoisotopic (exact) mass is 156 g/mol. The first-order valence-corrected chi connectivity index (χ1v) is 3.31. The van der Waals surface area contributed by atoms with Gasteiger partial charge < -0.3 is 10.6 Å². The van der Waals surface area contributed by atoms with Crippen LogP contribution in [-0.2, 0) is 9.59 Å². The molecule has 0 saturated carbocycles. The Hall–Kier alpha value is -1.32. The Kier molecular flexibility index (Phi) is 4.81. The van der Waals surface area contributed by atoms with Gasteiger partial charge >= 0.3 is 0 Å². The fourth-order valence-corrected chi connectivity index (χ4v) is 0.466. The summed E-state index contributed by atoms with van der Waals surface area (Å²) in [5, 5.41) is 4.78. The van der Waals surface area contributed by atoms with E-state index < -0.39 is 0 Å².